The minimum absolute atomic E-state index is 0.0696. The molecule has 8 nitrogen and oxygen atoms in total. The number of morpholine rings is 1. The number of nitrogens with zero attached hydrogens (tertiary/aromatic N) is 4. The molecule has 0 bridgehead atoms. The lowest BCUT2D eigenvalue weighted by Crippen LogP contribution is -2.36. The fraction of sp³-hybridized carbons (Fsp3) is 0.438. The Labute approximate surface area is 139 Å². The van der Waals surface area contributed by atoms with Gasteiger partial charge in [-0.15, -0.1) is 0 Å². The lowest BCUT2D eigenvalue weighted by atomic mass is 10.0. The fourth-order valence-corrected chi connectivity index (χ4v) is 3.24. The van der Waals surface area contributed by atoms with E-state index in [-0.39, 0.29) is 11.9 Å². The summed E-state index contributed by atoms with van der Waals surface area (Å²) in [4.78, 5) is 18.3. The van der Waals surface area contributed by atoms with Crippen molar-refractivity contribution in [2.45, 2.75) is 12.5 Å². The van der Waals surface area contributed by atoms with Crippen LogP contribution >= 0.6 is 0 Å². The van der Waals surface area contributed by atoms with E-state index in [1.54, 1.807) is 11.8 Å². The third-order valence-corrected chi connectivity index (χ3v) is 4.45. The Morgan fingerprint density at radius 3 is 2.96 bits per heavy atom. The van der Waals surface area contributed by atoms with Crippen molar-refractivity contribution in [3.05, 3.63) is 30.1 Å². The molecule has 0 aliphatic carbocycles. The topological polar surface area (TPSA) is 81.5 Å². The van der Waals surface area contributed by atoms with Gasteiger partial charge in [-0.1, -0.05) is 6.07 Å². The zero-order valence-electron chi connectivity index (χ0n) is 13.4. The lowest BCUT2D eigenvalue weighted by molar-refractivity contribution is -0.117. The molecule has 8 heteroatoms. The van der Waals surface area contributed by atoms with Gasteiger partial charge in [-0.3, -0.25) is 10.1 Å². The van der Waals surface area contributed by atoms with Crippen LogP contribution in [0.4, 0.5) is 11.6 Å². The Morgan fingerprint density at radius 1 is 1.33 bits per heavy atom. The second kappa shape index (κ2) is 6.12. The van der Waals surface area contributed by atoms with Crippen LogP contribution in [0.25, 0.3) is 0 Å². The summed E-state index contributed by atoms with van der Waals surface area (Å²) in [6.45, 7) is 3.19. The monoisotopic (exact) mass is 329 g/mol. The number of carbonyl (C=O) groups excluding carboxylic acids is 1. The predicted molar refractivity (Wildman–Crippen MR) is 87.4 cm³/mol. The van der Waals surface area contributed by atoms with Crippen molar-refractivity contribution >= 4 is 17.5 Å². The quantitative estimate of drug-likeness (QED) is 0.907. The van der Waals surface area contributed by atoms with Crippen LogP contribution in [0.2, 0.25) is 0 Å². The Hall–Kier alpha value is -2.61. The smallest absolute Gasteiger partial charge is 0.229 e. The molecular weight excluding hydrogens is 310 g/mol. The lowest BCUT2D eigenvalue weighted by Gasteiger charge is -2.30. The summed E-state index contributed by atoms with van der Waals surface area (Å²) in [5, 5.41) is 6.97. The first-order valence-electron chi connectivity index (χ1n) is 7.96. The molecule has 4 rings (SSSR count). The number of aromatic nitrogens is 3. The maximum atomic E-state index is 12.0. The predicted octanol–water partition coefficient (Wildman–Crippen LogP) is 1.05. The molecule has 0 saturated carbocycles. The summed E-state index contributed by atoms with van der Waals surface area (Å²) in [7, 11) is 1.65. The van der Waals surface area contributed by atoms with Gasteiger partial charge in [0.15, 0.2) is 0 Å². The van der Waals surface area contributed by atoms with Crippen molar-refractivity contribution in [3.63, 3.8) is 0 Å². The first-order valence-corrected chi connectivity index (χ1v) is 7.96. The standard InChI is InChI=1S/C16H19N5O3/c1-23-14-8-11(20-4-6-24-7-5-20)2-3-12(14)13-9-15(22)19-16-17-10-18-21(13)16/h2-3,8,10,13H,4-7,9H2,1H3,(H,17,18,19,22)/t13-/m0/s1. The maximum Gasteiger partial charge on any atom is 0.229 e. The molecule has 1 amide bonds. The summed E-state index contributed by atoms with van der Waals surface area (Å²) in [5.41, 5.74) is 2.02. The molecule has 1 N–H and O–H groups in total. The van der Waals surface area contributed by atoms with Gasteiger partial charge in [0.2, 0.25) is 11.9 Å². The first kappa shape index (κ1) is 14.9. The Morgan fingerprint density at radius 2 is 2.17 bits per heavy atom. The number of hydrogen-bond acceptors (Lipinski definition) is 6. The SMILES string of the molecule is COc1cc(N2CCOCC2)ccc1[C@@H]1CC(=O)Nc2ncnn21. The van der Waals surface area contributed by atoms with Crippen molar-refractivity contribution in [3.8, 4) is 5.75 Å². The fourth-order valence-electron chi connectivity index (χ4n) is 3.24. The largest absolute Gasteiger partial charge is 0.496 e. The van der Waals surface area contributed by atoms with E-state index in [9.17, 15) is 4.79 Å². The van der Waals surface area contributed by atoms with Gasteiger partial charge in [0.1, 0.15) is 12.1 Å². The molecule has 1 aromatic carbocycles. The average Bonchev–Trinajstić information content (AvgIpc) is 3.09. The Bertz CT molecular complexity index is 754. The van der Waals surface area contributed by atoms with E-state index in [0.717, 1.165) is 43.3 Å². The van der Waals surface area contributed by atoms with Gasteiger partial charge in [0.05, 0.1) is 32.8 Å². The highest BCUT2D eigenvalue weighted by Gasteiger charge is 2.30. The highest BCUT2D eigenvalue weighted by molar-refractivity contribution is 5.91. The van der Waals surface area contributed by atoms with Gasteiger partial charge in [-0.2, -0.15) is 10.1 Å². The van der Waals surface area contributed by atoms with E-state index in [0.29, 0.717) is 12.4 Å². The summed E-state index contributed by atoms with van der Waals surface area (Å²) < 4.78 is 12.7. The van der Waals surface area contributed by atoms with Gasteiger partial charge in [-0.25, -0.2) is 4.68 Å². The molecule has 0 spiro atoms. The number of nitrogens with one attached hydrogen (secondary N) is 1. The first-order chi connectivity index (χ1) is 11.8. The number of amides is 1. The number of benzene rings is 1. The molecule has 24 heavy (non-hydrogen) atoms. The third-order valence-electron chi connectivity index (χ3n) is 4.45. The second-order valence-electron chi connectivity index (χ2n) is 5.82. The van der Waals surface area contributed by atoms with Crippen molar-refractivity contribution in [2.24, 2.45) is 0 Å². The molecule has 126 valence electrons. The normalized spacial score (nSPS) is 20.5. The third kappa shape index (κ3) is 2.58. The molecular formula is C16H19N5O3. The van der Waals surface area contributed by atoms with Crippen molar-refractivity contribution in [1.82, 2.24) is 14.8 Å². The van der Waals surface area contributed by atoms with E-state index < -0.39 is 0 Å². The number of anilines is 2. The van der Waals surface area contributed by atoms with Crippen LogP contribution in [0.1, 0.15) is 18.0 Å². The summed E-state index contributed by atoms with van der Waals surface area (Å²) in [6, 6.07) is 5.87. The van der Waals surface area contributed by atoms with Gasteiger partial charge in [-0.05, 0) is 6.07 Å². The number of carbonyl (C=O) groups is 1. The Kier molecular flexibility index (Phi) is 3.81. The zero-order valence-corrected chi connectivity index (χ0v) is 13.4. The molecule has 0 unspecified atom stereocenters. The zero-order chi connectivity index (χ0) is 16.5. The summed E-state index contributed by atoms with van der Waals surface area (Å²) >= 11 is 0. The van der Waals surface area contributed by atoms with Crippen LogP contribution in [0.3, 0.4) is 0 Å². The number of hydrogen-bond donors (Lipinski definition) is 1. The molecule has 0 radical (unpaired) electrons. The average molecular weight is 329 g/mol. The maximum absolute atomic E-state index is 12.0. The van der Waals surface area contributed by atoms with Crippen LogP contribution in [0, 0.1) is 0 Å². The van der Waals surface area contributed by atoms with Crippen LogP contribution in [0.5, 0.6) is 5.75 Å². The molecule has 2 aliphatic rings. The Balaban J connectivity index is 1.70. The van der Waals surface area contributed by atoms with Gasteiger partial charge < -0.3 is 14.4 Å². The van der Waals surface area contributed by atoms with E-state index in [1.165, 1.54) is 6.33 Å². The van der Waals surface area contributed by atoms with Crippen molar-refractivity contribution in [1.29, 1.82) is 0 Å². The molecule has 2 aliphatic heterocycles. The second-order valence-corrected chi connectivity index (χ2v) is 5.82. The minimum atomic E-state index is -0.218. The highest BCUT2D eigenvalue weighted by atomic mass is 16.5. The molecule has 2 aromatic rings. The summed E-state index contributed by atoms with van der Waals surface area (Å²) in [5.74, 6) is 1.15. The molecule has 1 fully saturated rings. The van der Waals surface area contributed by atoms with Crippen molar-refractivity contribution < 1.29 is 14.3 Å². The van der Waals surface area contributed by atoms with E-state index >= 15 is 0 Å². The molecule has 1 saturated heterocycles. The minimum Gasteiger partial charge on any atom is -0.496 e. The molecule has 1 atom stereocenters. The van der Waals surface area contributed by atoms with E-state index in [2.05, 4.69) is 26.4 Å². The van der Waals surface area contributed by atoms with Crippen LogP contribution in [-0.2, 0) is 9.53 Å². The number of fused-ring (bicyclic) bond motifs is 1. The number of rotatable bonds is 3. The van der Waals surface area contributed by atoms with Crippen LogP contribution < -0.4 is 15.0 Å². The van der Waals surface area contributed by atoms with Crippen molar-refractivity contribution in [2.75, 3.05) is 43.6 Å². The number of methoxy groups -OCH3 is 1. The van der Waals surface area contributed by atoms with E-state index in [4.69, 9.17) is 9.47 Å². The molecule has 3 heterocycles. The van der Waals surface area contributed by atoms with Crippen LogP contribution in [0.15, 0.2) is 24.5 Å². The summed E-state index contributed by atoms with van der Waals surface area (Å²) in [6.07, 6.45) is 1.76. The van der Waals surface area contributed by atoms with Gasteiger partial charge in [0.25, 0.3) is 0 Å². The van der Waals surface area contributed by atoms with E-state index in [1.807, 2.05) is 12.1 Å². The van der Waals surface area contributed by atoms with Crippen LogP contribution in [-0.4, -0.2) is 54.1 Å². The van der Waals surface area contributed by atoms with Gasteiger partial charge >= 0.3 is 0 Å². The number of ether oxygens (including phenoxy) is 2. The molecule has 1 aromatic heterocycles. The highest BCUT2D eigenvalue weighted by Crippen LogP contribution is 2.36. The van der Waals surface area contributed by atoms with Gasteiger partial charge in [0, 0.05) is 30.4 Å².